The Hall–Kier alpha value is -3.54. The van der Waals surface area contributed by atoms with Gasteiger partial charge in [0.05, 0.1) is 0 Å². The summed E-state index contributed by atoms with van der Waals surface area (Å²) in [7, 11) is 0. The van der Waals surface area contributed by atoms with Crippen LogP contribution in [0.15, 0.2) is 67.0 Å². The van der Waals surface area contributed by atoms with Gasteiger partial charge in [-0.25, -0.2) is 27.5 Å². The number of aromatic nitrogens is 2. The molecular formula is C27H22F4N2. The van der Waals surface area contributed by atoms with E-state index >= 15 is 4.39 Å². The van der Waals surface area contributed by atoms with Crippen LogP contribution in [0.3, 0.4) is 0 Å². The van der Waals surface area contributed by atoms with E-state index in [1.54, 1.807) is 36.7 Å². The van der Waals surface area contributed by atoms with E-state index in [9.17, 15) is 13.2 Å². The number of aryl methyl sites for hydroxylation is 3. The Bertz CT molecular complexity index is 1290. The fraction of sp³-hybridized carbons (Fsp3) is 0.185. The minimum Gasteiger partial charge on any atom is -0.236 e. The maximum Gasteiger partial charge on any atom is 0.194 e. The Morgan fingerprint density at radius 2 is 1.48 bits per heavy atom. The van der Waals surface area contributed by atoms with Gasteiger partial charge >= 0.3 is 0 Å². The van der Waals surface area contributed by atoms with Gasteiger partial charge in [-0.1, -0.05) is 36.4 Å². The van der Waals surface area contributed by atoms with E-state index in [-0.39, 0.29) is 24.2 Å². The van der Waals surface area contributed by atoms with Gasteiger partial charge in [0.1, 0.15) is 5.82 Å². The maximum atomic E-state index is 15.1. The van der Waals surface area contributed by atoms with Crippen LogP contribution in [0.5, 0.6) is 0 Å². The number of allylic oxidation sites excluding steroid dienone is 2. The molecule has 0 atom stereocenters. The van der Waals surface area contributed by atoms with Crippen molar-refractivity contribution in [2.45, 2.75) is 32.6 Å². The molecular weight excluding hydrogens is 428 g/mol. The Labute approximate surface area is 189 Å². The van der Waals surface area contributed by atoms with Crippen LogP contribution in [0.2, 0.25) is 0 Å². The molecule has 0 saturated heterocycles. The van der Waals surface area contributed by atoms with Crippen molar-refractivity contribution in [1.82, 2.24) is 9.97 Å². The topological polar surface area (TPSA) is 25.8 Å². The van der Waals surface area contributed by atoms with E-state index < -0.39 is 17.5 Å². The van der Waals surface area contributed by atoms with Gasteiger partial charge < -0.3 is 0 Å². The van der Waals surface area contributed by atoms with Crippen LogP contribution >= 0.6 is 0 Å². The van der Waals surface area contributed by atoms with Gasteiger partial charge in [0.25, 0.3) is 0 Å². The van der Waals surface area contributed by atoms with E-state index in [0.717, 1.165) is 36.1 Å². The standard InChI is InChI=1S/C27H22F4N2/c1-2-3-4-5-18-15-32-27(33-16-18)21-10-11-22-20(14-21)9-8-19(25(22)30)7-6-17-12-23(28)26(31)24(29)13-17/h2-3,8-16H,4-7H2,1H3/b3-2+. The van der Waals surface area contributed by atoms with Crippen molar-refractivity contribution in [1.29, 1.82) is 0 Å². The molecule has 1 aromatic heterocycles. The minimum absolute atomic E-state index is 0.183. The van der Waals surface area contributed by atoms with Crippen LogP contribution in [0.25, 0.3) is 22.2 Å². The molecule has 0 saturated carbocycles. The highest BCUT2D eigenvalue weighted by Crippen LogP contribution is 2.27. The summed E-state index contributed by atoms with van der Waals surface area (Å²) in [5, 5.41) is 1.14. The van der Waals surface area contributed by atoms with Gasteiger partial charge in [-0.2, -0.15) is 0 Å². The lowest BCUT2D eigenvalue weighted by Crippen LogP contribution is -1.99. The lowest BCUT2D eigenvalue weighted by Gasteiger charge is -2.09. The number of fused-ring (bicyclic) bond motifs is 1. The third kappa shape index (κ3) is 5.11. The van der Waals surface area contributed by atoms with E-state index in [1.165, 1.54) is 0 Å². The van der Waals surface area contributed by atoms with Gasteiger partial charge in [0.15, 0.2) is 23.3 Å². The second-order valence-corrected chi connectivity index (χ2v) is 7.87. The summed E-state index contributed by atoms with van der Waals surface area (Å²) in [5.74, 6) is -3.81. The number of benzene rings is 3. The van der Waals surface area contributed by atoms with Crippen molar-refractivity contribution >= 4 is 10.8 Å². The van der Waals surface area contributed by atoms with Crippen LogP contribution in [0.1, 0.15) is 30.0 Å². The zero-order chi connectivity index (χ0) is 23.4. The monoisotopic (exact) mass is 450 g/mol. The first-order valence-electron chi connectivity index (χ1n) is 10.7. The Balaban J connectivity index is 1.52. The molecule has 0 fully saturated rings. The molecule has 1 heterocycles. The first-order chi connectivity index (χ1) is 16.0. The van der Waals surface area contributed by atoms with Gasteiger partial charge in [-0.15, -0.1) is 0 Å². The Kier molecular flexibility index (Phi) is 6.82. The third-order valence-electron chi connectivity index (χ3n) is 5.56. The highest BCUT2D eigenvalue weighted by Gasteiger charge is 2.13. The van der Waals surface area contributed by atoms with Gasteiger partial charge in [-0.3, -0.25) is 0 Å². The molecule has 2 nitrogen and oxygen atoms in total. The number of hydrogen-bond acceptors (Lipinski definition) is 2. The van der Waals surface area contributed by atoms with Crippen LogP contribution in [0.4, 0.5) is 17.6 Å². The Morgan fingerprint density at radius 3 is 2.18 bits per heavy atom. The first-order valence-corrected chi connectivity index (χ1v) is 10.7. The number of rotatable bonds is 7. The minimum atomic E-state index is -1.50. The first kappa shape index (κ1) is 22.6. The number of hydrogen-bond donors (Lipinski definition) is 0. The van der Waals surface area contributed by atoms with Crippen molar-refractivity contribution < 1.29 is 17.6 Å². The molecule has 3 aromatic carbocycles. The van der Waals surface area contributed by atoms with Crippen LogP contribution in [0, 0.1) is 23.3 Å². The molecule has 0 spiro atoms. The van der Waals surface area contributed by atoms with Crippen molar-refractivity contribution in [3.63, 3.8) is 0 Å². The summed E-state index contributed by atoms with van der Waals surface area (Å²) in [5.41, 5.74) is 2.52. The zero-order valence-corrected chi connectivity index (χ0v) is 18.1. The highest BCUT2D eigenvalue weighted by atomic mass is 19.2. The van der Waals surface area contributed by atoms with Gasteiger partial charge in [-0.05, 0) is 72.9 Å². The second-order valence-electron chi connectivity index (χ2n) is 7.87. The molecule has 0 aliphatic heterocycles. The predicted molar refractivity (Wildman–Crippen MR) is 122 cm³/mol. The van der Waals surface area contributed by atoms with Crippen LogP contribution < -0.4 is 0 Å². The summed E-state index contributed by atoms with van der Waals surface area (Å²) in [6.07, 6.45) is 9.93. The summed E-state index contributed by atoms with van der Waals surface area (Å²) < 4.78 is 55.1. The lowest BCUT2D eigenvalue weighted by atomic mass is 9.99. The van der Waals surface area contributed by atoms with Gasteiger partial charge in [0.2, 0.25) is 0 Å². The van der Waals surface area contributed by atoms with E-state index in [0.29, 0.717) is 22.2 Å². The Morgan fingerprint density at radius 1 is 0.758 bits per heavy atom. The molecule has 0 aliphatic carbocycles. The van der Waals surface area contributed by atoms with Crippen LogP contribution in [-0.2, 0) is 19.3 Å². The second kappa shape index (κ2) is 9.94. The predicted octanol–water partition coefficient (Wildman–Crippen LogP) is 7.15. The van der Waals surface area contributed by atoms with Crippen molar-refractivity contribution in [2.75, 3.05) is 0 Å². The normalized spacial score (nSPS) is 11.5. The molecule has 0 aliphatic rings. The van der Waals surface area contributed by atoms with E-state index in [4.69, 9.17) is 0 Å². The molecule has 33 heavy (non-hydrogen) atoms. The quantitative estimate of drug-likeness (QED) is 0.170. The highest BCUT2D eigenvalue weighted by molar-refractivity contribution is 5.87. The fourth-order valence-electron chi connectivity index (χ4n) is 3.75. The molecule has 0 N–H and O–H groups in total. The molecule has 0 unspecified atom stereocenters. The molecule has 0 radical (unpaired) electrons. The molecule has 168 valence electrons. The average Bonchev–Trinajstić information content (AvgIpc) is 2.82. The molecule has 6 heteroatoms. The maximum absolute atomic E-state index is 15.1. The van der Waals surface area contributed by atoms with Crippen molar-refractivity contribution in [3.8, 4) is 11.4 Å². The summed E-state index contributed by atoms with van der Waals surface area (Å²) in [6, 6.07) is 10.6. The molecule has 0 amide bonds. The van der Waals surface area contributed by atoms with Crippen molar-refractivity contribution in [3.05, 3.63) is 107 Å². The van der Waals surface area contributed by atoms with E-state index in [2.05, 4.69) is 16.0 Å². The lowest BCUT2D eigenvalue weighted by molar-refractivity contribution is 0.445. The van der Waals surface area contributed by atoms with E-state index in [1.807, 2.05) is 19.1 Å². The number of nitrogens with zero attached hydrogens (tertiary/aromatic N) is 2. The smallest absolute Gasteiger partial charge is 0.194 e. The average molecular weight is 450 g/mol. The summed E-state index contributed by atoms with van der Waals surface area (Å²) in [6.45, 7) is 1.99. The largest absolute Gasteiger partial charge is 0.236 e. The molecule has 0 bridgehead atoms. The zero-order valence-electron chi connectivity index (χ0n) is 18.1. The molecule has 4 aromatic rings. The fourth-order valence-corrected chi connectivity index (χ4v) is 3.75. The number of halogens is 4. The summed E-state index contributed by atoms with van der Waals surface area (Å²) >= 11 is 0. The van der Waals surface area contributed by atoms with Crippen LogP contribution in [-0.4, -0.2) is 9.97 Å². The van der Waals surface area contributed by atoms with Gasteiger partial charge in [0, 0.05) is 23.3 Å². The SMILES string of the molecule is C/C=C/CCc1cnc(-c2ccc3c(F)c(CCc4cc(F)c(F)c(F)c4)ccc3c2)nc1. The third-order valence-corrected chi connectivity index (χ3v) is 5.56. The van der Waals surface area contributed by atoms with Crippen molar-refractivity contribution in [2.24, 2.45) is 0 Å². The molecule has 4 rings (SSSR count). The summed E-state index contributed by atoms with van der Waals surface area (Å²) in [4.78, 5) is 8.88.